The van der Waals surface area contributed by atoms with E-state index in [-0.39, 0.29) is 23.8 Å². The van der Waals surface area contributed by atoms with E-state index in [1.807, 2.05) is 12.1 Å². The first-order chi connectivity index (χ1) is 16.4. The van der Waals surface area contributed by atoms with Crippen LogP contribution in [0.2, 0.25) is 0 Å². The van der Waals surface area contributed by atoms with Gasteiger partial charge in [-0.3, -0.25) is 0 Å². The second kappa shape index (κ2) is 9.29. The van der Waals surface area contributed by atoms with Gasteiger partial charge in [-0.25, -0.2) is 9.64 Å². The average molecular weight is 451 g/mol. The van der Waals surface area contributed by atoms with Gasteiger partial charge in [-0.15, -0.1) is 0 Å². The minimum Gasteiger partial charge on any atom is -0.463 e. The minimum absolute atomic E-state index is 0.150. The number of nitrogens with zero attached hydrogens (tertiary/aromatic N) is 3. The van der Waals surface area contributed by atoms with Gasteiger partial charge in [-0.1, -0.05) is 55.0 Å². The van der Waals surface area contributed by atoms with Crippen LogP contribution >= 0.6 is 0 Å². The highest BCUT2D eigenvalue weighted by molar-refractivity contribution is 6.03. The van der Waals surface area contributed by atoms with Crippen LogP contribution in [0.15, 0.2) is 48.7 Å². The van der Waals surface area contributed by atoms with Crippen molar-refractivity contribution in [2.45, 2.75) is 40.0 Å². The van der Waals surface area contributed by atoms with Crippen LogP contribution in [0, 0.1) is 31.8 Å². The summed E-state index contributed by atoms with van der Waals surface area (Å²) in [4.78, 5) is 19.0. The van der Waals surface area contributed by atoms with Crippen molar-refractivity contribution in [1.82, 2.24) is 9.38 Å². The zero-order chi connectivity index (χ0) is 24.4. The molecule has 0 aliphatic rings. The highest BCUT2D eigenvalue weighted by atomic mass is 16.5. The van der Waals surface area contributed by atoms with E-state index < -0.39 is 5.97 Å². The molecule has 0 spiro atoms. The number of fused-ring (bicyclic) bond motifs is 1. The molecule has 0 radical (unpaired) electrons. The summed E-state index contributed by atoms with van der Waals surface area (Å²) in [6, 6.07) is 16.9. The maximum absolute atomic E-state index is 12.5. The van der Waals surface area contributed by atoms with Crippen molar-refractivity contribution in [2.24, 2.45) is 0 Å². The second-order valence-corrected chi connectivity index (χ2v) is 8.34. The number of H-pyrrole nitrogens is 1. The maximum Gasteiger partial charge on any atom is 0.331 e. The zero-order valence-electron chi connectivity index (χ0n) is 19.8. The monoisotopic (exact) mass is 450 g/mol. The van der Waals surface area contributed by atoms with Crippen LogP contribution in [0.1, 0.15) is 64.5 Å². The lowest BCUT2D eigenvalue weighted by molar-refractivity contribution is 0.0530. The molecule has 0 fully saturated rings. The van der Waals surface area contributed by atoms with Gasteiger partial charge in [0, 0.05) is 17.7 Å². The number of ether oxygens (including phenoxy) is 1. The minimum atomic E-state index is -0.581. The quantitative estimate of drug-likeness (QED) is 0.263. The Kier molecular flexibility index (Phi) is 6.25. The van der Waals surface area contributed by atoms with Gasteiger partial charge >= 0.3 is 5.97 Å². The Balaban J connectivity index is 1.80. The van der Waals surface area contributed by atoms with Crippen molar-refractivity contribution in [3.8, 4) is 17.3 Å². The molecule has 2 heterocycles. The summed E-state index contributed by atoms with van der Waals surface area (Å²) in [5.41, 5.74) is 7.53. The predicted molar refractivity (Wildman–Crippen MR) is 132 cm³/mol. The number of aryl methyl sites for hydroxylation is 2. The van der Waals surface area contributed by atoms with E-state index in [1.54, 1.807) is 17.5 Å². The number of nitriles is 1. The predicted octanol–water partition coefficient (Wildman–Crippen LogP) is 6.69. The fourth-order valence-corrected chi connectivity index (χ4v) is 4.67. The van der Waals surface area contributed by atoms with Crippen molar-refractivity contribution >= 4 is 17.3 Å². The maximum atomic E-state index is 12.5. The van der Waals surface area contributed by atoms with Gasteiger partial charge in [0.15, 0.2) is 0 Å². The first-order valence-corrected chi connectivity index (χ1v) is 11.3. The third-order valence-corrected chi connectivity index (χ3v) is 6.21. The van der Waals surface area contributed by atoms with Gasteiger partial charge in [0.2, 0.25) is 5.69 Å². The number of benzene rings is 2. The molecule has 1 atom stereocenters. The molecular formula is C28H26N4O2. The number of carbonyl (C=O) groups excluding carboxylic acids is 1. The molecule has 0 saturated heterocycles. The van der Waals surface area contributed by atoms with Crippen LogP contribution in [0.3, 0.4) is 0 Å². The standard InChI is InChI=1S/C28H26N4O2/c1-6-21(22-13-8-17(3)14-18(22)4)19-9-11-20(12-10-19)26-23(15-29)31-27-25(28(33)34-7-2)24(30-5)16-32(26)27/h8-14,16,21,31H,6-7H2,1-4H3. The van der Waals surface area contributed by atoms with E-state index in [4.69, 9.17) is 11.3 Å². The number of nitrogens with one attached hydrogen (secondary N) is 1. The average Bonchev–Trinajstić information content (AvgIpc) is 3.36. The molecule has 2 aromatic carbocycles. The fraction of sp³-hybridized carbons (Fsp3) is 0.250. The van der Waals surface area contributed by atoms with E-state index in [2.05, 4.69) is 67.0 Å². The molecule has 6 nitrogen and oxygen atoms in total. The number of aromatic nitrogens is 2. The van der Waals surface area contributed by atoms with Gasteiger partial charge in [-0.2, -0.15) is 5.26 Å². The smallest absolute Gasteiger partial charge is 0.331 e. The summed E-state index contributed by atoms with van der Waals surface area (Å²) >= 11 is 0. The number of carbonyl (C=O) groups is 1. The molecule has 0 aliphatic heterocycles. The SMILES string of the molecule is [C-]#[N+]c1cn2c(-c3ccc(C(CC)c4ccc(C)cc4C)cc3)c(C#N)[nH]c2c1C(=O)OCC. The Hall–Kier alpha value is -4.29. The van der Waals surface area contributed by atoms with Crippen LogP contribution in [-0.2, 0) is 4.74 Å². The van der Waals surface area contributed by atoms with Gasteiger partial charge in [-0.05, 0) is 43.9 Å². The molecule has 4 rings (SSSR count). The summed E-state index contributed by atoms with van der Waals surface area (Å²) in [5.74, 6) is -0.310. The lowest BCUT2D eigenvalue weighted by Gasteiger charge is -2.19. The van der Waals surface area contributed by atoms with Gasteiger partial charge in [0.05, 0.1) is 18.9 Å². The molecule has 34 heavy (non-hydrogen) atoms. The first kappa shape index (κ1) is 22.9. The number of imidazole rings is 1. The van der Waals surface area contributed by atoms with E-state index in [1.165, 1.54) is 22.3 Å². The summed E-state index contributed by atoms with van der Waals surface area (Å²) in [6.45, 7) is 15.8. The number of hydrogen-bond donors (Lipinski definition) is 1. The molecule has 0 saturated carbocycles. The van der Waals surface area contributed by atoms with E-state index in [9.17, 15) is 10.1 Å². The normalized spacial score (nSPS) is 11.7. The van der Waals surface area contributed by atoms with Gasteiger partial charge in [0.25, 0.3) is 0 Å². The Bertz CT molecular complexity index is 1460. The lowest BCUT2D eigenvalue weighted by atomic mass is 9.85. The molecule has 6 heteroatoms. The molecular weight excluding hydrogens is 424 g/mol. The number of esters is 1. The van der Waals surface area contributed by atoms with Crippen molar-refractivity contribution < 1.29 is 9.53 Å². The van der Waals surface area contributed by atoms with E-state index in [0.717, 1.165) is 12.0 Å². The van der Waals surface area contributed by atoms with Crippen LogP contribution in [0.4, 0.5) is 5.69 Å². The topological polar surface area (TPSA) is 74.7 Å². The molecule has 2 aromatic heterocycles. The summed E-state index contributed by atoms with van der Waals surface area (Å²) in [6.07, 6.45) is 2.55. The van der Waals surface area contributed by atoms with Crippen molar-refractivity contribution in [1.29, 1.82) is 5.26 Å². The lowest BCUT2D eigenvalue weighted by Crippen LogP contribution is -2.04. The molecule has 0 bridgehead atoms. The highest BCUT2D eigenvalue weighted by Crippen LogP contribution is 2.35. The number of rotatable bonds is 6. The first-order valence-electron chi connectivity index (χ1n) is 11.3. The van der Waals surface area contributed by atoms with Crippen LogP contribution < -0.4 is 0 Å². The summed E-state index contributed by atoms with van der Waals surface area (Å²) < 4.78 is 6.84. The zero-order valence-corrected chi connectivity index (χ0v) is 19.8. The van der Waals surface area contributed by atoms with Crippen LogP contribution in [0.25, 0.3) is 21.7 Å². The third-order valence-electron chi connectivity index (χ3n) is 6.21. The largest absolute Gasteiger partial charge is 0.463 e. The van der Waals surface area contributed by atoms with Gasteiger partial charge < -0.3 is 14.1 Å². The fourth-order valence-electron chi connectivity index (χ4n) is 4.67. The van der Waals surface area contributed by atoms with Crippen molar-refractivity contribution in [3.05, 3.63) is 93.6 Å². The summed E-state index contributed by atoms with van der Waals surface area (Å²) in [7, 11) is 0. The Morgan fingerprint density at radius 2 is 1.94 bits per heavy atom. The Morgan fingerprint density at radius 3 is 2.53 bits per heavy atom. The van der Waals surface area contributed by atoms with Crippen LogP contribution in [-0.4, -0.2) is 22.0 Å². The molecule has 0 amide bonds. The molecule has 170 valence electrons. The number of hydrogen-bond acceptors (Lipinski definition) is 3. The molecule has 0 aliphatic carbocycles. The van der Waals surface area contributed by atoms with Crippen LogP contribution in [0.5, 0.6) is 0 Å². The van der Waals surface area contributed by atoms with Crippen molar-refractivity contribution in [3.63, 3.8) is 0 Å². The van der Waals surface area contributed by atoms with E-state index in [0.29, 0.717) is 17.0 Å². The third kappa shape index (κ3) is 3.84. The van der Waals surface area contributed by atoms with Crippen molar-refractivity contribution in [2.75, 3.05) is 6.61 Å². The summed E-state index contributed by atoms with van der Waals surface area (Å²) in [5, 5.41) is 9.77. The molecule has 1 N–H and O–H groups in total. The Labute approximate surface area is 199 Å². The van der Waals surface area contributed by atoms with E-state index >= 15 is 0 Å². The Morgan fingerprint density at radius 1 is 1.21 bits per heavy atom. The van der Waals surface area contributed by atoms with Gasteiger partial charge in [0.1, 0.15) is 23.0 Å². The number of aromatic amines is 1. The highest BCUT2D eigenvalue weighted by Gasteiger charge is 2.25. The molecule has 1 unspecified atom stereocenters. The second-order valence-electron chi connectivity index (χ2n) is 8.34. The molecule has 4 aromatic rings.